The highest BCUT2D eigenvalue weighted by Gasteiger charge is 2.30. The highest BCUT2D eigenvalue weighted by molar-refractivity contribution is 5.94. The minimum atomic E-state index is 0.128. The quantitative estimate of drug-likeness (QED) is 0.773. The Morgan fingerprint density at radius 1 is 1.67 bits per heavy atom. The van der Waals surface area contributed by atoms with Gasteiger partial charge in [-0.3, -0.25) is 9.69 Å². The van der Waals surface area contributed by atoms with E-state index in [-0.39, 0.29) is 11.8 Å². The maximum Gasteiger partial charge on any atom is 0.228 e. The smallest absolute Gasteiger partial charge is 0.228 e. The molecule has 2 N–H and O–H groups in total. The van der Waals surface area contributed by atoms with Crippen molar-refractivity contribution in [3.05, 3.63) is 23.9 Å². The number of hydrogen-bond donors (Lipinski definition) is 1. The van der Waals surface area contributed by atoms with Crippen molar-refractivity contribution >= 4 is 11.7 Å². The van der Waals surface area contributed by atoms with Crippen LogP contribution in [0.3, 0.4) is 0 Å². The van der Waals surface area contributed by atoms with Crippen LogP contribution in [0.4, 0.5) is 5.82 Å². The normalized spacial score (nSPS) is 21.1. The number of amides is 1. The molecule has 1 unspecified atom stereocenters. The lowest BCUT2D eigenvalue weighted by atomic mass is 10.1. The van der Waals surface area contributed by atoms with Crippen molar-refractivity contribution < 1.29 is 4.79 Å². The van der Waals surface area contributed by atoms with Gasteiger partial charge in [-0.05, 0) is 37.1 Å². The van der Waals surface area contributed by atoms with E-state index in [4.69, 9.17) is 5.73 Å². The molecule has 4 nitrogen and oxygen atoms in total. The maximum atomic E-state index is 11.7. The van der Waals surface area contributed by atoms with Crippen LogP contribution in [0, 0.1) is 12.8 Å². The van der Waals surface area contributed by atoms with Crippen molar-refractivity contribution in [2.45, 2.75) is 13.3 Å². The molecule has 0 aliphatic carbocycles. The summed E-state index contributed by atoms with van der Waals surface area (Å²) in [5, 5.41) is 0. The van der Waals surface area contributed by atoms with E-state index in [0.717, 1.165) is 11.4 Å². The van der Waals surface area contributed by atoms with Gasteiger partial charge in [-0.25, -0.2) is 4.98 Å². The molecule has 1 aromatic rings. The van der Waals surface area contributed by atoms with E-state index in [2.05, 4.69) is 4.98 Å². The van der Waals surface area contributed by atoms with E-state index in [1.807, 2.05) is 19.1 Å². The molecule has 0 radical (unpaired) electrons. The van der Waals surface area contributed by atoms with E-state index >= 15 is 0 Å². The number of carbonyl (C=O) groups is 1. The molecule has 1 aliphatic rings. The molecule has 4 heteroatoms. The summed E-state index contributed by atoms with van der Waals surface area (Å²) in [7, 11) is 0. The fourth-order valence-electron chi connectivity index (χ4n) is 1.83. The molecule has 0 saturated carbocycles. The van der Waals surface area contributed by atoms with Gasteiger partial charge in [0.2, 0.25) is 5.91 Å². The molecule has 1 aliphatic heterocycles. The second-order valence-corrected chi connectivity index (χ2v) is 4.00. The summed E-state index contributed by atoms with van der Waals surface area (Å²) < 4.78 is 0. The number of carbonyl (C=O) groups excluding carboxylic acids is 1. The second kappa shape index (κ2) is 3.98. The van der Waals surface area contributed by atoms with E-state index in [0.29, 0.717) is 19.5 Å². The summed E-state index contributed by atoms with van der Waals surface area (Å²) in [6.45, 7) is 3.26. The average Bonchev–Trinajstić information content (AvgIpc) is 2.60. The zero-order valence-corrected chi connectivity index (χ0v) is 8.81. The predicted octanol–water partition coefficient (Wildman–Crippen LogP) is 0.702. The largest absolute Gasteiger partial charge is 0.330 e. The summed E-state index contributed by atoms with van der Waals surface area (Å²) >= 11 is 0. The molecule has 2 rings (SSSR count). The lowest BCUT2D eigenvalue weighted by molar-refractivity contribution is -0.117. The highest BCUT2D eigenvalue weighted by atomic mass is 16.2. The SMILES string of the molecule is Cc1ccnc(N2CC(CN)CC2=O)c1. The number of nitrogens with zero attached hydrogens (tertiary/aromatic N) is 2. The van der Waals surface area contributed by atoms with Gasteiger partial charge in [-0.1, -0.05) is 0 Å². The summed E-state index contributed by atoms with van der Waals surface area (Å²) in [5.74, 6) is 1.15. The third-order valence-corrected chi connectivity index (χ3v) is 2.72. The first-order valence-corrected chi connectivity index (χ1v) is 5.14. The van der Waals surface area contributed by atoms with Crippen LogP contribution >= 0.6 is 0 Å². The van der Waals surface area contributed by atoms with Crippen molar-refractivity contribution in [3.8, 4) is 0 Å². The molecule has 1 atom stereocenters. The lowest BCUT2D eigenvalue weighted by Gasteiger charge is -2.15. The van der Waals surface area contributed by atoms with Gasteiger partial charge in [-0.2, -0.15) is 0 Å². The van der Waals surface area contributed by atoms with Crippen LogP contribution in [0.2, 0.25) is 0 Å². The zero-order valence-electron chi connectivity index (χ0n) is 8.81. The van der Waals surface area contributed by atoms with Crippen LogP contribution in [0.25, 0.3) is 0 Å². The standard InChI is InChI=1S/C11H15N3O/c1-8-2-3-13-10(4-8)14-7-9(6-12)5-11(14)15/h2-4,9H,5-7,12H2,1H3. The van der Waals surface area contributed by atoms with E-state index in [1.165, 1.54) is 0 Å². The Hall–Kier alpha value is -1.42. The third-order valence-electron chi connectivity index (χ3n) is 2.72. The molecule has 15 heavy (non-hydrogen) atoms. The molecular formula is C11H15N3O. The number of aryl methyl sites for hydroxylation is 1. The first-order chi connectivity index (χ1) is 7.20. The molecule has 0 spiro atoms. The van der Waals surface area contributed by atoms with Crippen molar-refractivity contribution in [2.75, 3.05) is 18.0 Å². The van der Waals surface area contributed by atoms with Gasteiger partial charge >= 0.3 is 0 Å². The van der Waals surface area contributed by atoms with Crippen molar-refractivity contribution in [1.29, 1.82) is 0 Å². The number of rotatable bonds is 2. The number of pyridine rings is 1. The Kier molecular flexibility index (Phi) is 2.68. The molecule has 1 saturated heterocycles. The Balaban J connectivity index is 2.21. The maximum absolute atomic E-state index is 11.7. The van der Waals surface area contributed by atoms with E-state index < -0.39 is 0 Å². The predicted molar refractivity (Wildman–Crippen MR) is 58.5 cm³/mol. The van der Waals surface area contributed by atoms with Crippen LogP contribution in [-0.4, -0.2) is 24.0 Å². The first-order valence-electron chi connectivity index (χ1n) is 5.14. The molecule has 1 amide bonds. The summed E-state index contributed by atoms with van der Waals surface area (Å²) in [4.78, 5) is 17.6. The summed E-state index contributed by atoms with van der Waals surface area (Å²) in [5.41, 5.74) is 6.68. The Morgan fingerprint density at radius 3 is 3.07 bits per heavy atom. The highest BCUT2D eigenvalue weighted by Crippen LogP contribution is 2.22. The minimum absolute atomic E-state index is 0.128. The van der Waals surface area contributed by atoms with Gasteiger partial charge in [0.15, 0.2) is 0 Å². The van der Waals surface area contributed by atoms with Crippen LogP contribution < -0.4 is 10.6 Å². The Labute approximate surface area is 89.1 Å². The number of hydrogen-bond acceptors (Lipinski definition) is 3. The van der Waals surface area contributed by atoms with Crippen LogP contribution in [-0.2, 0) is 4.79 Å². The van der Waals surface area contributed by atoms with Gasteiger partial charge in [0, 0.05) is 19.2 Å². The van der Waals surface area contributed by atoms with Crippen LogP contribution in [0.5, 0.6) is 0 Å². The van der Waals surface area contributed by atoms with Crippen LogP contribution in [0.15, 0.2) is 18.3 Å². The lowest BCUT2D eigenvalue weighted by Crippen LogP contribution is -2.26. The van der Waals surface area contributed by atoms with Crippen molar-refractivity contribution in [2.24, 2.45) is 11.7 Å². The summed E-state index contributed by atoms with van der Waals surface area (Å²) in [6, 6.07) is 3.85. The minimum Gasteiger partial charge on any atom is -0.330 e. The van der Waals surface area contributed by atoms with Gasteiger partial charge in [0.25, 0.3) is 0 Å². The Bertz CT molecular complexity index is 378. The van der Waals surface area contributed by atoms with Gasteiger partial charge in [-0.15, -0.1) is 0 Å². The number of aromatic nitrogens is 1. The third kappa shape index (κ3) is 1.99. The Morgan fingerprint density at radius 2 is 2.47 bits per heavy atom. The first kappa shape index (κ1) is 10.1. The molecule has 1 fully saturated rings. The molecule has 1 aromatic heterocycles. The fourth-order valence-corrected chi connectivity index (χ4v) is 1.83. The zero-order chi connectivity index (χ0) is 10.8. The molecule has 0 bridgehead atoms. The number of anilines is 1. The topological polar surface area (TPSA) is 59.2 Å². The fraction of sp³-hybridized carbons (Fsp3) is 0.455. The molecular weight excluding hydrogens is 190 g/mol. The van der Waals surface area contributed by atoms with E-state index in [9.17, 15) is 4.79 Å². The second-order valence-electron chi connectivity index (χ2n) is 4.00. The molecule has 0 aromatic carbocycles. The summed E-state index contributed by atoms with van der Waals surface area (Å²) in [6.07, 6.45) is 2.28. The van der Waals surface area contributed by atoms with Crippen LogP contribution in [0.1, 0.15) is 12.0 Å². The van der Waals surface area contributed by atoms with Gasteiger partial charge < -0.3 is 5.73 Å². The van der Waals surface area contributed by atoms with Gasteiger partial charge in [0.1, 0.15) is 5.82 Å². The monoisotopic (exact) mass is 205 g/mol. The van der Waals surface area contributed by atoms with E-state index in [1.54, 1.807) is 11.1 Å². The average molecular weight is 205 g/mol. The van der Waals surface area contributed by atoms with Gasteiger partial charge in [0.05, 0.1) is 0 Å². The van der Waals surface area contributed by atoms with Crippen molar-refractivity contribution in [3.63, 3.8) is 0 Å². The van der Waals surface area contributed by atoms with Crippen molar-refractivity contribution in [1.82, 2.24) is 4.98 Å². The number of nitrogens with two attached hydrogens (primary N) is 1. The molecule has 80 valence electrons. The molecule has 2 heterocycles.